The van der Waals surface area contributed by atoms with Crippen LogP contribution in [0.5, 0.6) is 0 Å². The second kappa shape index (κ2) is 6.50. The molecule has 2 atom stereocenters. The first-order valence-electron chi connectivity index (χ1n) is 6.81. The van der Waals surface area contributed by atoms with Crippen molar-refractivity contribution in [2.75, 3.05) is 13.1 Å². The second-order valence-corrected chi connectivity index (χ2v) is 7.08. The second-order valence-electron chi connectivity index (χ2n) is 5.27. The lowest BCUT2D eigenvalue weighted by Crippen LogP contribution is -2.47. The molecule has 0 spiro atoms. The van der Waals surface area contributed by atoms with Crippen LogP contribution in [0.15, 0.2) is 30.3 Å². The molecular weight excluding hydrogens is 260 g/mol. The molecule has 19 heavy (non-hydrogen) atoms. The van der Waals surface area contributed by atoms with Gasteiger partial charge in [0.25, 0.3) is 0 Å². The summed E-state index contributed by atoms with van der Waals surface area (Å²) in [6.45, 7) is 3.63. The van der Waals surface area contributed by atoms with Gasteiger partial charge in [-0.2, -0.15) is 0 Å². The predicted molar refractivity (Wildman–Crippen MR) is 77.3 cm³/mol. The van der Waals surface area contributed by atoms with Gasteiger partial charge in [-0.15, -0.1) is 0 Å². The van der Waals surface area contributed by atoms with Crippen LogP contribution < -0.4 is 10.0 Å². The summed E-state index contributed by atoms with van der Waals surface area (Å²) in [5, 5.41) is 3.38. The van der Waals surface area contributed by atoms with Crippen LogP contribution in [0.2, 0.25) is 0 Å². The maximum atomic E-state index is 12.0. The maximum Gasteiger partial charge on any atom is 0.215 e. The van der Waals surface area contributed by atoms with E-state index in [1.165, 1.54) is 6.42 Å². The van der Waals surface area contributed by atoms with E-state index >= 15 is 0 Å². The molecule has 1 saturated heterocycles. The Labute approximate surface area is 115 Å². The number of nitrogens with one attached hydrogen (secondary N) is 2. The average molecular weight is 282 g/mol. The van der Waals surface area contributed by atoms with Crippen molar-refractivity contribution in [2.24, 2.45) is 5.92 Å². The van der Waals surface area contributed by atoms with Crippen molar-refractivity contribution in [1.29, 1.82) is 0 Å². The van der Waals surface area contributed by atoms with Gasteiger partial charge in [-0.3, -0.25) is 0 Å². The van der Waals surface area contributed by atoms with Gasteiger partial charge in [0.2, 0.25) is 10.0 Å². The third-order valence-corrected chi connectivity index (χ3v) is 4.97. The first-order chi connectivity index (χ1) is 9.07. The number of rotatable bonds is 5. The minimum absolute atomic E-state index is 0.0505. The number of hydrogen-bond donors (Lipinski definition) is 2. The molecular formula is C14H22N2O2S. The van der Waals surface area contributed by atoms with Crippen molar-refractivity contribution in [3.63, 3.8) is 0 Å². The predicted octanol–water partition coefficient (Wildman–Crippen LogP) is 1.49. The summed E-state index contributed by atoms with van der Waals surface area (Å²) in [4.78, 5) is 0. The van der Waals surface area contributed by atoms with E-state index in [1.807, 2.05) is 30.3 Å². The van der Waals surface area contributed by atoms with E-state index in [1.54, 1.807) is 0 Å². The Morgan fingerprint density at radius 1 is 1.32 bits per heavy atom. The van der Waals surface area contributed by atoms with Crippen LogP contribution in [-0.4, -0.2) is 27.5 Å². The molecule has 4 nitrogen and oxygen atoms in total. The Hall–Kier alpha value is -0.910. The minimum atomic E-state index is -3.25. The van der Waals surface area contributed by atoms with Gasteiger partial charge in [0.15, 0.2) is 0 Å². The highest BCUT2D eigenvalue weighted by Crippen LogP contribution is 2.15. The van der Waals surface area contributed by atoms with Crippen LogP contribution in [0.1, 0.15) is 25.3 Å². The monoisotopic (exact) mass is 282 g/mol. The highest BCUT2D eigenvalue weighted by molar-refractivity contribution is 7.88. The van der Waals surface area contributed by atoms with Crippen molar-refractivity contribution in [3.05, 3.63) is 35.9 Å². The van der Waals surface area contributed by atoms with Crippen molar-refractivity contribution >= 4 is 10.0 Å². The van der Waals surface area contributed by atoms with Crippen molar-refractivity contribution in [1.82, 2.24) is 10.0 Å². The Bertz CT molecular complexity index is 487. The third-order valence-electron chi connectivity index (χ3n) is 3.65. The van der Waals surface area contributed by atoms with E-state index in [-0.39, 0.29) is 11.8 Å². The zero-order valence-corrected chi connectivity index (χ0v) is 12.1. The fraction of sp³-hybridized carbons (Fsp3) is 0.571. The molecule has 0 bridgehead atoms. The summed E-state index contributed by atoms with van der Waals surface area (Å²) < 4.78 is 26.7. The SMILES string of the molecule is CC1CCCNC1CNS(=O)(=O)Cc1ccccc1. The molecule has 106 valence electrons. The zero-order valence-electron chi connectivity index (χ0n) is 11.3. The summed E-state index contributed by atoms with van der Waals surface area (Å²) >= 11 is 0. The van der Waals surface area contributed by atoms with E-state index < -0.39 is 10.0 Å². The number of benzene rings is 1. The molecule has 1 heterocycles. The molecule has 2 unspecified atom stereocenters. The van der Waals surface area contributed by atoms with Crippen LogP contribution in [-0.2, 0) is 15.8 Å². The normalized spacial score (nSPS) is 24.3. The average Bonchev–Trinajstić information content (AvgIpc) is 2.38. The molecule has 0 radical (unpaired) electrons. The molecule has 0 saturated carbocycles. The number of hydrogen-bond acceptors (Lipinski definition) is 3. The Kier molecular flexibility index (Phi) is 4.96. The van der Waals surface area contributed by atoms with Gasteiger partial charge in [0.1, 0.15) is 0 Å². The highest BCUT2D eigenvalue weighted by atomic mass is 32.2. The molecule has 5 heteroatoms. The zero-order chi connectivity index (χ0) is 13.7. The molecule has 1 aliphatic rings. The summed E-state index contributed by atoms with van der Waals surface area (Å²) in [6, 6.07) is 9.52. The van der Waals surface area contributed by atoms with E-state index in [0.717, 1.165) is 18.5 Å². The van der Waals surface area contributed by atoms with E-state index in [4.69, 9.17) is 0 Å². The quantitative estimate of drug-likeness (QED) is 0.860. The minimum Gasteiger partial charge on any atom is -0.312 e. The molecule has 1 fully saturated rings. The largest absolute Gasteiger partial charge is 0.312 e. The topological polar surface area (TPSA) is 58.2 Å². The van der Waals surface area contributed by atoms with Gasteiger partial charge < -0.3 is 5.32 Å². The van der Waals surface area contributed by atoms with Crippen LogP contribution in [0.25, 0.3) is 0 Å². The van der Waals surface area contributed by atoms with Crippen LogP contribution in [0, 0.1) is 5.92 Å². The van der Waals surface area contributed by atoms with Gasteiger partial charge in [-0.25, -0.2) is 13.1 Å². The van der Waals surface area contributed by atoms with Gasteiger partial charge in [-0.05, 0) is 30.9 Å². The highest BCUT2D eigenvalue weighted by Gasteiger charge is 2.22. The number of piperidine rings is 1. The Morgan fingerprint density at radius 3 is 2.74 bits per heavy atom. The molecule has 0 aromatic heterocycles. The fourth-order valence-electron chi connectivity index (χ4n) is 2.45. The lowest BCUT2D eigenvalue weighted by Gasteiger charge is -2.30. The molecule has 0 amide bonds. The van der Waals surface area contributed by atoms with Crippen molar-refractivity contribution in [3.8, 4) is 0 Å². The first-order valence-corrected chi connectivity index (χ1v) is 8.47. The van der Waals surface area contributed by atoms with Gasteiger partial charge >= 0.3 is 0 Å². The molecule has 2 N–H and O–H groups in total. The van der Waals surface area contributed by atoms with Crippen LogP contribution in [0.4, 0.5) is 0 Å². The summed E-state index contributed by atoms with van der Waals surface area (Å²) in [5.74, 6) is 0.572. The lowest BCUT2D eigenvalue weighted by atomic mass is 9.93. The first kappa shape index (κ1) is 14.5. The van der Waals surface area contributed by atoms with E-state index in [2.05, 4.69) is 17.0 Å². The standard InChI is InChI=1S/C14H22N2O2S/c1-12-6-5-9-15-14(12)10-16-19(17,18)11-13-7-3-2-4-8-13/h2-4,7-8,12,14-16H,5-6,9-11H2,1H3. The summed E-state index contributed by atoms with van der Waals surface area (Å²) in [7, 11) is -3.25. The fourth-order valence-corrected chi connectivity index (χ4v) is 3.62. The smallest absolute Gasteiger partial charge is 0.215 e. The van der Waals surface area contributed by atoms with Crippen molar-refractivity contribution in [2.45, 2.75) is 31.6 Å². The molecule has 2 rings (SSSR count). The van der Waals surface area contributed by atoms with E-state index in [9.17, 15) is 8.42 Å². The van der Waals surface area contributed by atoms with E-state index in [0.29, 0.717) is 12.5 Å². The lowest BCUT2D eigenvalue weighted by molar-refractivity contribution is 0.300. The van der Waals surface area contributed by atoms with Crippen LogP contribution >= 0.6 is 0 Å². The number of sulfonamides is 1. The van der Waals surface area contributed by atoms with Gasteiger partial charge in [-0.1, -0.05) is 37.3 Å². The molecule has 1 aliphatic heterocycles. The summed E-state index contributed by atoms with van der Waals surface area (Å²) in [5.41, 5.74) is 0.819. The maximum absolute atomic E-state index is 12.0. The Morgan fingerprint density at radius 2 is 2.05 bits per heavy atom. The van der Waals surface area contributed by atoms with Gasteiger partial charge in [0.05, 0.1) is 5.75 Å². The third kappa shape index (κ3) is 4.60. The summed E-state index contributed by atoms with van der Waals surface area (Å²) in [6.07, 6.45) is 2.34. The molecule has 0 aliphatic carbocycles. The molecule has 1 aromatic rings. The Balaban J connectivity index is 1.87. The molecule has 1 aromatic carbocycles. The van der Waals surface area contributed by atoms with Crippen LogP contribution in [0.3, 0.4) is 0 Å². The van der Waals surface area contributed by atoms with Gasteiger partial charge in [0, 0.05) is 12.6 Å². The van der Waals surface area contributed by atoms with Crippen molar-refractivity contribution < 1.29 is 8.42 Å².